The highest BCUT2D eigenvalue weighted by molar-refractivity contribution is 5.85. The van der Waals surface area contributed by atoms with Crippen molar-refractivity contribution in [3.63, 3.8) is 0 Å². The summed E-state index contributed by atoms with van der Waals surface area (Å²) in [4.78, 5) is 12.0. The molecule has 8 aliphatic rings. The van der Waals surface area contributed by atoms with Crippen LogP contribution in [0, 0.1) is 34.5 Å². The zero-order valence-corrected chi connectivity index (χ0v) is 32.9. The van der Waals surface area contributed by atoms with E-state index in [1.165, 1.54) is 6.08 Å². The van der Waals surface area contributed by atoms with E-state index in [2.05, 4.69) is 13.8 Å². The largest absolute Gasteiger partial charge is 0.458 e. The summed E-state index contributed by atoms with van der Waals surface area (Å²) in [6.07, 6.45) is -1.26. The molecule has 0 radical (unpaired) electrons. The summed E-state index contributed by atoms with van der Waals surface area (Å²) in [6, 6.07) is 0. The lowest BCUT2D eigenvalue weighted by Gasteiger charge is -2.63. The molecule has 6 N–H and O–H groups in total. The van der Waals surface area contributed by atoms with E-state index in [-0.39, 0.29) is 55.2 Å². The number of hydrogen-bond donors (Lipinski definition) is 6. The molecule has 4 saturated carbocycles. The van der Waals surface area contributed by atoms with Gasteiger partial charge in [0.15, 0.2) is 18.9 Å². The quantitative estimate of drug-likeness (QED) is 0.162. The lowest BCUT2D eigenvalue weighted by atomic mass is 9.43. The third-order valence-corrected chi connectivity index (χ3v) is 15.8. The van der Waals surface area contributed by atoms with Crippen molar-refractivity contribution >= 4 is 5.97 Å². The number of esters is 1. The number of aliphatic hydroxyl groups excluding tert-OH is 5. The molecular weight excluding hydrogens is 716 g/mol. The minimum atomic E-state index is -1.01. The lowest BCUT2D eigenvalue weighted by molar-refractivity contribution is -0.336. The first-order valence-electron chi connectivity index (χ1n) is 20.9. The van der Waals surface area contributed by atoms with Gasteiger partial charge in [0.25, 0.3) is 0 Å². The average molecular weight is 781 g/mol. The van der Waals surface area contributed by atoms with Crippen LogP contribution in [0.25, 0.3) is 0 Å². The minimum absolute atomic E-state index is 0.0203. The standard InChI is InChI=1S/C41H64O14/c1-19-36(47)27(42)14-33(50-19)54-38-21(3)52-34(16-29(38)44)55-37-20(2)51-32(15-28(37)43)53-24-8-10-39(4)23(13-24)6-7-26-25(39)9-11-40(5)35(22-12-31(46)49-18-22)30(45)17-41(26,40)48/h12,19-21,23-30,32-38,42-45,47-48H,6-11,13-18H2,1-5H3/t19-,20-,21-,23-,24+,25-,26-,27+,28+,29+,30+,32+,33-,34-,35+,36-,37+,38+,39+,40-,41+/m1/s1. The first-order valence-corrected chi connectivity index (χ1v) is 20.9. The number of carbonyl (C=O) groups is 1. The molecule has 0 spiro atoms. The highest BCUT2D eigenvalue weighted by Gasteiger charge is 2.70. The van der Waals surface area contributed by atoms with Crippen molar-refractivity contribution in [1.82, 2.24) is 0 Å². The molecule has 4 heterocycles. The molecule has 0 aromatic heterocycles. The van der Waals surface area contributed by atoms with Gasteiger partial charge in [0.1, 0.15) is 24.9 Å². The summed E-state index contributed by atoms with van der Waals surface area (Å²) in [7, 11) is 0. The van der Waals surface area contributed by atoms with Crippen LogP contribution < -0.4 is 0 Å². The molecule has 3 saturated heterocycles. The Hall–Kier alpha value is -1.27. The molecule has 4 aliphatic heterocycles. The zero-order chi connectivity index (χ0) is 39.2. The molecule has 8 rings (SSSR count). The maximum Gasteiger partial charge on any atom is 0.331 e. The molecule has 0 aromatic rings. The molecule has 4 aliphatic carbocycles. The van der Waals surface area contributed by atoms with E-state index in [1.54, 1.807) is 13.8 Å². The van der Waals surface area contributed by atoms with Gasteiger partial charge in [-0.2, -0.15) is 0 Å². The van der Waals surface area contributed by atoms with Crippen LogP contribution in [0.3, 0.4) is 0 Å². The summed E-state index contributed by atoms with van der Waals surface area (Å²) in [6.45, 7) is 9.98. The van der Waals surface area contributed by atoms with Crippen molar-refractivity contribution in [2.45, 2.75) is 197 Å². The Labute approximate surface area is 323 Å². The maximum absolute atomic E-state index is 12.6. The lowest BCUT2D eigenvalue weighted by Crippen LogP contribution is -2.62. The Morgan fingerprint density at radius 1 is 0.691 bits per heavy atom. The minimum Gasteiger partial charge on any atom is -0.458 e. The van der Waals surface area contributed by atoms with Crippen LogP contribution in [0.2, 0.25) is 0 Å². The summed E-state index contributed by atoms with van der Waals surface area (Å²) in [5, 5.41) is 66.3. The second kappa shape index (κ2) is 15.1. The summed E-state index contributed by atoms with van der Waals surface area (Å²) in [5.74, 6) is 0.174. The molecule has 0 bridgehead atoms. The first-order chi connectivity index (χ1) is 26.0. The number of hydrogen-bond acceptors (Lipinski definition) is 14. The molecule has 0 aromatic carbocycles. The van der Waals surface area contributed by atoms with Gasteiger partial charge in [-0.25, -0.2) is 4.79 Å². The van der Waals surface area contributed by atoms with E-state index < -0.39 is 90.9 Å². The molecule has 7 fully saturated rings. The van der Waals surface area contributed by atoms with Gasteiger partial charge in [0, 0.05) is 43.1 Å². The Morgan fingerprint density at radius 3 is 1.87 bits per heavy atom. The van der Waals surface area contributed by atoms with Gasteiger partial charge in [-0.1, -0.05) is 13.8 Å². The monoisotopic (exact) mass is 780 g/mol. The van der Waals surface area contributed by atoms with Gasteiger partial charge in [-0.3, -0.25) is 0 Å². The summed E-state index contributed by atoms with van der Waals surface area (Å²) in [5.41, 5.74) is -0.686. The molecule has 0 amide bonds. The predicted molar refractivity (Wildman–Crippen MR) is 193 cm³/mol. The molecule has 312 valence electrons. The fourth-order valence-corrected chi connectivity index (χ4v) is 12.9. The Bertz CT molecular complexity index is 1410. The van der Waals surface area contributed by atoms with Crippen LogP contribution in [-0.4, -0.2) is 135 Å². The maximum atomic E-state index is 12.6. The Kier molecular flexibility index (Phi) is 11.1. The smallest absolute Gasteiger partial charge is 0.331 e. The van der Waals surface area contributed by atoms with E-state index in [0.29, 0.717) is 18.3 Å². The second-order valence-electron chi connectivity index (χ2n) is 18.9. The summed E-state index contributed by atoms with van der Waals surface area (Å²) >= 11 is 0. The molecule has 0 unspecified atom stereocenters. The van der Waals surface area contributed by atoms with Gasteiger partial charge in [0.05, 0.1) is 54.4 Å². The van der Waals surface area contributed by atoms with Crippen LogP contribution in [0.5, 0.6) is 0 Å². The molecule has 55 heavy (non-hydrogen) atoms. The fourth-order valence-electron chi connectivity index (χ4n) is 12.9. The number of carbonyl (C=O) groups excluding carboxylic acids is 1. The topological polar surface area (TPSA) is 203 Å². The predicted octanol–water partition coefficient (Wildman–Crippen LogP) is 2.22. The van der Waals surface area contributed by atoms with Crippen molar-refractivity contribution in [3.05, 3.63) is 11.6 Å². The third kappa shape index (κ3) is 7.05. The van der Waals surface area contributed by atoms with Crippen LogP contribution >= 0.6 is 0 Å². The third-order valence-electron chi connectivity index (χ3n) is 15.8. The van der Waals surface area contributed by atoms with Gasteiger partial charge < -0.3 is 63.8 Å². The first kappa shape index (κ1) is 40.5. The highest BCUT2D eigenvalue weighted by Crippen LogP contribution is 2.70. The van der Waals surface area contributed by atoms with E-state index in [9.17, 15) is 35.4 Å². The normalized spacial score (nSPS) is 55.5. The van der Waals surface area contributed by atoms with Crippen molar-refractivity contribution in [2.75, 3.05) is 6.61 Å². The van der Waals surface area contributed by atoms with Crippen molar-refractivity contribution < 1.29 is 68.6 Å². The summed E-state index contributed by atoms with van der Waals surface area (Å²) < 4.78 is 42.1. The number of rotatable bonds is 7. The van der Waals surface area contributed by atoms with Gasteiger partial charge >= 0.3 is 5.97 Å². The molecule has 14 nitrogen and oxygen atoms in total. The average Bonchev–Trinajstić information content (AvgIpc) is 3.62. The number of ether oxygens (including phenoxy) is 7. The van der Waals surface area contributed by atoms with Crippen molar-refractivity contribution in [3.8, 4) is 0 Å². The van der Waals surface area contributed by atoms with Crippen LogP contribution in [0.1, 0.15) is 105 Å². The van der Waals surface area contributed by atoms with Crippen molar-refractivity contribution in [2.24, 2.45) is 34.5 Å². The van der Waals surface area contributed by atoms with Crippen LogP contribution in [0.15, 0.2) is 11.6 Å². The van der Waals surface area contributed by atoms with Crippen LogP contribution in [0.4, 0.5) is 0 Å². The molecule has 14 heteroatoms. The van der Waals surface area contributed by atoms with Gasteiger partial charge in [0.2, 0.25) is 0 Å². The number of fused-ring (bicyclic) bond motifs is 5. The Morgan fingerprint density at radius 2 is 1.29 bits per heavy atom. The van der Waals surface area contributed by atoms with E-state index in [1.807, 2.05) is 6.92 Å². The number of cyclic esters (lactones) is 1. The Balaban J connectivity index is 0.834. The second-order valence-corrected chi connectivity index (χ2v) is 18.9. The molecule has 21 atom stereocenters. The van der Waals surface area contributed by atoms with Crippen molar-refractivity contribution in [1.29, 1.82) is 0 Å². The highest BCUT2D eigenvalue weighted by atomic mass is 16.7. The zero-order valence-electron chi connectivity index (χ0n) is 32.9. The SMILES string of the molecule is C[C@H]1O[C@H](O[C@@H]2[C@@H](O)C[C@@H](O[C@@H]3[C@@H](O)C[C@H](O[C@H]4CC[C@@]5(C)[C@H](CC[C@@H]6[C@H]5CC[C@]5(C)[C@@H](C7=CC(=O)OC7)[C@@H](O)C[C@]65O)C4)O[C@@H]3C)O[C@@H]2C)C[C@H](O)[C@@H]1O. The van der Waals surface area contributed by atoms with Crippen LogP contribution in [-0.2, 0) is 38.0 Å². The van der Waals surface area contributed by atoms with Gasteiger partial charge in [-0.05, 0) is 94.5 Å². The fraction of sp³-hybridized carbons (Fsp3) is 0.927. The molecular formula is C41H64O14. The van der Waals surface area contributed by atoms with E-state index in [4.69, 9.17) is 33.2 Å². The van der Waals surface area contributed by atoms with E-state index in [0.717, 1.165) is 50.5 Å². The number of aliphatic hydroxyl groups is 6. The van der Waals surface area contributed by atoms with E-state index >= 15 is 0 Å². The van der Waals surface area contributed by atoms with Gasteiger partial charge in [-0.15, -0.1) is 0 Å².